The highest BCUT2D eigenvalue weighted by molar-refractivity contribution is 5.97. The standard InChI is InChI=1S/C18H17N3O3/c22-18(13-3-4-14-15(9-13)21-11-20-14)19-10-12-2-5-16-17(8-12)24-7-1-6-23-16/h2-5,8-9,11H,1,6-7,10H2,(H,19,22)(H,20,21). The largest absolute Gasteiger partial charge is 0.490 e. The molecule has 4 rings (SSSR count). The van der Waals surface area contributed by atoms with Crippen molar-refractivity contribution in [1.82, 2.24) is 15.3 Å². The van der Waals surface area contributed by atoms with Gasteiger partial charge in [0.2, 0.25) is 0 Å². The predicted molar refractivity (Wildman–Crippen MR) is 89.3 cm³/mol. The Morgan fingerprint density at radius 2 is 2.00 bits per heavy atom. The van der Waals surface area contributed by atoms with Crippen molar-refractivity contribution in [2.45, 2.75) is 13.0 Å². The molecule has 6 heteroatoms. The maximum Gasteiger partial charge on any atom is 0.251 e. The summed E-state index contributed by atoms with van der Waals surface area (Å²) in [4.78, 5) is 19.5. The predicted octanol–water partition coefficient (Wildman–Crippen LogP) is 2.65. The lowest BCUT2D eigenvalue weighted by Crippen LogP contribution is -2.22. The van der Waals surface area contributed by atoms with Crippen molar-refractivity contribution >= 4 is 16.9 Å². The molecule has 3 aromatic rings. The van der Waals surface area contributed by atoms with E-state index in [9.17, 15) is 4.79 Å². The first kappa shape index (κ1) is 14.6. The summed E-state index contributed by atoms with van der Waals surface area (Å²) in [6.45, 7) is 1.74. The number of nitrogens with zero attached hydrogens (tertiary/aromatic N) is 1. The van der Waals surface area contributed by atoms with Crippen LogP contribution in [0, 0.1) is 0 Å². The first-order valence-corrected chi connectivity index (χ1v) is 7.89. The molecule has 0 spiro atoms. The fourth-order valence-corrected chi connectivity index (χ4v) is 2.68. The molecule has 0 bridgehead atoms. The highest BCUT2D eigenvalue weighted by Crippen LogP contribution is 2.30. The summed E-state index contributed by atoms with van der Waals surface area (Å²) in [5.74, 6) is 1.36. The van der Waals surface area contributed by atoms with Gasteiger partial charge in [-0.05, 0) is 35.9 Å². The number of H-pyrrole nitrogens is 1. The molecule has 0 saturated carbocycles. The lowest BCUT2D eigenvalue weighted by atomic mass is 10.1. The summed E-state index contributed by atoms with van der Waals surface area (Å²) in [5.41, 5.74) is 3.25. The Labute approximate surface area is 138 Å². The number of carbonyl (C=O) groups is 1. The summed E-state index contributed by atoms with van der Waals surface area (Å²) in [6.07, 6.45) is 2.49. The number of aromatic amines is 1. The summed E-state index contributed by atoms with van der Waals surface area (Å²) in [5, 5.41) is 2.92. The van der Waals surface area contributed by atoms with Crippen LogP contribution in [0.4, 0.5) is 0 Å². The second kappa shape index (κ2) is 6.23. The number of hydrogen-bond donors (Lipinski definition) is 2. The van der Waals surface area contributed by atoms with E-state index < -0.39 is 0 Å². The van der Waals surface area contributed by atoms with Crippen molar-refractivity contribution in [1.29, 1.82) is 0 Å². The smallest absolute Gasteiger partial charge is 0.251 e. The van der Waals surface area contributed by atoms with E-state index in [0.29, 0.717) is 25.3 Å². The highest BCUT2D eigenvalue weighted by Gasteiger charge is 2.12. The Bertz CT molecular complexity index is 888. The first-order chi connectivity index (χ1) is 11.8. The Hall–Kier alpha value is -3.02. The Morgan fingerprint density at radius 1 is 1.12 bits per heavy atom. The van der Waals surface area contributed by atoms with Crippen LogP contribution in [0.5, 0.6) is 11.5 Å². The number of carbonyl (C=O) groups excluding carboxylic acids is 1. The number of aromatic nitrogens is 2. The van der Waals surface area contributed by atoms with Crippen molar-refractivity contribution in [2.24, 2.45) is 0 Å². The molecule has 1 aromatic heterocycles. The molecule has 0 unspecified atom stereocenters. The van der Waals surface area contributed by atoms with Gasteiger partial charge in [0.15, 0.2) is 11.5 Å². The molecule has 1 aliphatic rings. The molecule has 0 fully saturated rings. The fourth-order valence-electron chi connectivity index (χ4n) is 2.68. The number of ether oxygens (including phenoxy) is 2. The summed E-state index contributed by atoms with van der Waals surface area (Å²) >= 11 is 0. The molecule has 122 valence electrons. The molecular formula is C18H17N3O3. The van der Waals surface area contributed by atoms with Gasteiger partial charge in [-0.2, -0.15) is 0 Å². The van der Waals surface area contributed by atoms with Gasteiger partial charge in [-0.15, -0.1) is 0 Å². The summed E-state index contributed by atoms with van der Waals surface area (Å²) in [6, 6.07) is 11.1. The molecule has 2 aromatic carbocycles. The summed E-state index contributed by atoms with van der Waals surface area (Å²) in [7, 11) is 0. The lowest BCUT2D eigenvalue weighted by molar-refractivity contribution is 0.0951. The lowest BCUT2D eigenvalue weighted by Gasteiger charge is -2.10. The van der Waals surface area contributed by atoms with E-state index in [2.05, 4.69) is 15.3 Å². The molecule has 6 nitrogen and oxygen atoms in total. The number of imidazole rings is 1. The quantitative estimate of drug-likeness (QED) is 0.777. The van der Waals surface area contributed by atoms with Crippen LogP contribution in [0.2, 0.25) is 0 Å². The zero-order chi connectivity index (χ0) is 16.4. The average Bonchev–Trinajstić information content (AvgIpc) is 2.96. The molecule has 0 atom stereocenters. The Morgan fingerprint density at radius 3 is 2.92 bits per heavy atom. The number of benzene rings is 2. The highest BCUT2D eigenvalue weighted by atomic mass is 16.5. The van der Waals surface area contributed by atoms with E-state index in [1.807, 2.05) is 24.3 Å². The van der Waals surface area contributed by atoms with Crippen LogP contribution in [0.15, 0.2) is 42.7 Å². The molecule has 1 aliphatic heterocycles. The third-order valence-electron chi connectivity index (χ3n) is 3.95. The monoisotopic (exact) mass is 323 g/mol. The number of fused-ring (bicyclic) bond motifs is 2. The van der Waals surface area contributed by atoms with Gasteiger partial charge in [-0.3, -0.25) is 4.79 Å². The number of amides is 1. The zero-order valence-electron chi connectivity index (χ0n) is 13.0. The SMILES string of the molecule is O=C(NCc1ccc2c(c1)OCCCO2)c1ccc2nc[nH]c2c1. The second-order valence-corrected chi connectivity index (χ2v) is 5.65. The third kappa shape index (κ3) is 2.90. The minimum atomic E-state index is -0.126. The molecule has 2 N–H and O–H groups in total. The number of rotatable bonds is 3. The normalized spacial score (nSPS) is 13.5. The van der Waals surface area contributed by atoms with Crippen LogP contribution in [-0.2, 0) is 6.54 Å². The van der Waals surface area contributed by atoms with Crippen LogP contribution in [0.3, 0.4) is 0 Å². The molecule has 0 saturated heterocycles. The first-order valence-electron chi connectivity index (χ1n) is 7.89. The van der Waals surface area contributed by atoms with Crippen molar-refractivity contribution in [2.75, 3.05) is 13.2 Å². The van der Waals surface area contributed by atoms with Crippen molar-refractivity contribution in [3.05, 3.63) is 53.9 Å². The maximum atomic E-state index is 12.3. The average molecular weight is 323 g/mol. The van der Waals surface area contributed by atoms with Gasteiger partial charge in [-0.1, -0.05) is 6.07 Å². The van der Waals surface area contributed by atoms with Crippen molar-refractivity contribution in [3.63, 3.8) is 0 Å². The van der Waals surface area contributed by atoms with E-state index >= 15 is 0 Å². The topological polar surface area (TPSA) is 76.2 Å². The molecular weight excluding hydrogens is 306 g/mol. The van der Waals surface area contributed by atoms with Crippen LogP contribution in [-0.4, -0.2) is 29.1 Å². The van der Waals surface area contributed by atoms with Gasteiger partial charge in [0.1, 0.15) is 0 Å². The second-order valence-electron chi connectivity index (χ2n) is 5.65. The molecule has 24 heavy (non-hydrogen) atoms. The third-order valence-corrected chi connectivity index (χ3v) is 3.95. The maximum absolute atomic E-state index is 12.3. The molecule has 0 aliphatic carbocycles. The minimum Gasteiger partial charge on any atom is -0.490 e. The molecule has 1 amide bonds. The number of nitrogens with one attached hydrogen (secondary N) is 2. The van der Waals surface area contributed by atoms with Gasteiger partial charge in [-0.25, -0.2) is 4.98 Å². The van der Waals surface area contributed by atoms with Gasteiger partial charge in [0.05, 0.1) is 30.6 Å². The molecule has 0 radical (unpaired) electrons. The van der Waals surface area contributed by atoms with E-state index in [0.717, 1.165) is 34.5 Å². The van der Waals surface area contributed by atoms with Crippen LogP contribution >= 0.6 is 0 Å². The van der Waals surface area contributed by atoms with E-state index in [1.165, 1.54) is 0 Å². The summed E-state index contributed by atoms with van der Waals surface area (Å²) < 4.78 is 11.3. The fraction of sp³-hybridized carbons (Fsp3) is 0.222. The van der Waals surface area contributed by atoms with Crippen LogP contribution < -0.4 is 14.8 Å². The van der Waals surface area contributed by atoms with Gasteiger partial charge >= 0.3 is 0 Å². The van der Waals surface area contributed by atoms with Crippen LogP contribution in [0.25, 0.3) is 11.0 Å². The van der Waals surface area contributed by atoms with Crippen molar-refractivity contribution in [3.8, 4) is 11.5 Å². The van der Waals surface area contributed by atoms with E-state index in [-0.39, 0.29) is 5.91 Å². The molecule has 2 heterocycles. The van der Waals surface area contributed by atoms with E-state index in [4.69, 9.17) is 9.47 Å². The minimum absolute atomic E-state index is 0.126. The number of hydrogen-bond acceptors (Lipinski definition) is 4. The van der Waals surface area contributed by atoms with Gasteiger partial charge in [0.25, 0.3) is 5.91 Å². The van der Waals surface area contributed by atoms with Crippen LogP contribution in [0.1, 0.15) is 22.3 Å². The van der Waals surface area contributed by atoms with E-state index in [1.54, 1.807) is 18.5 Å². The Kier molecular flexibility index (Phi) is 3.78. The van der Waals surface area contributed by atoms with Crippen molar-refractivity contribution < 1.29 is 14.3 Å². The van der Waals surface area contributed by atoms with Gasteiger partial charge in [0, 0.05) is 18.5 Å². The van der Waals surface area contributed by atoms with Gasteiger partial charge < -0.3 is 19.8 Å². The zero-order valence-corrected chi connectivity index (χ0v) is 13.0. The Balaban J connectivity index is 1.46.